The quantitative estimate of drug-likeness (QED) is 0.856. The van der Waals surface area contributed by atoms with Gasteiger partial charge in [-0.2, -0.15) is 0 Å². The Morgan fingerprint density at radius 3 is 3.12 bits per heavy atom. The molecule has 3 heteroatoms. The number of aliphatic hydroxyl groups excluding tert-OH is 1. The molecule has 0 saturated carbocycles. The lowest BCUT2D eigenvalue weighted by molar-refractivity contribution is 0.266. The number of aliphatic hydroxyl groups is 1. The molecule has 3 rings (SSSR count). The van der Waals surface area contributed by atoms with Crippen LogP contribution in [-0.2, 0) is 13.0 Å². The molecule has 1 N–H and O–H groups in total. The van der Waals surface area contributed by atoms with Gasteiger partial charge in [0.15, 0.2) is 0 Å². The van der Waals surface area contributed by atoms with E-state index in [0.29, 0.717) is 6.04 Å². The summed E-state index contributed by atoms with van der Waals surface area (Å²) in [6.45, 7) is 0.0542. The molecule has 0 fully saturated rings. The van der Waals surface area contributed by atoms with E-state index in [4.69, 9.17) is 0 Å². The van der Waals surface area contributed by atoms with Crippen molar-refractivity contribution in [3.8, 4) is 0 Å². The van der Waals surface area contributed by atoms with Crippen LogP contribution in [0.15, 0.2) is 36.8 Å². The third kappa shape index (κ3) is 1.76. The van der Waals surface area contributed by atoms with Crippen LogP contribution in [0.3, 0.4) is 0 Å². The summed E-state index contributed by atoms with van der Waals surface area (Å²) in [5, 5.41) is 9.33. The summed E-state index contributed by atoms with van der Waals surface area (Å²) in [6, 6.07) is 8.93. The third-order valence-electron chi connectivity index (χ3n) is 3.58. The van der Waals surface area contributed by atoms with Gasteiger partial charge in [-0.3, -0.25) is 0 Å². The average Bonchev–Trinajstić information content (AvgIpc) is 2.86. The number of benzene rings is 1. The van der Waals surface area contributed by atoms with E-state index in [1.165, 1.54) is 17.5 Å². The lowest BCUT2D eigenvalue weighted by atomic mass is 9.87. The zero-order valence-electron chi connectivity index (χ0n) is 9.71. The summed E-state index contributed by atoms with van der Waals surface area (Å²) in [5.41, 5.74) is 3.71. The summed E-state index contributed by atoms with van der Waals surface area (Å²) < 4.78 is 2.11. The Labute approximate surface area is 101 Å². The van der Waals surface area contributed by atoms with Crippen LogP contribution in [0.2, 0.25) is 0 Å². The molecule has 0 amide bonds. The van der Waals surface area contributed by atoms with Crippen LogP contribution in [0, 0.1) is 0 Å². The zero-order valence-corrected chi connectivity index (χ0v) is 9.71. The van der Waals surface area contributed by atoms with Crippen molar-refractivity contribution in [2.75, 3.05) is 0 Å². The molecular formula is C14H16N2O. The van der Waals surface area contributed by atoms with Crippen molar-refractivity contribution < 1.29 is 5.11 Å². The molecule has 17 heavy (non-hydrogen) atoms. The number of aryl methyl sites for hydroxylation is 1. The van der Waals surface area contributed by atoms with Crippen LogP contribution in [-0.4, -0.2) is 14.7 Å². The van der Waals surface area contributed by atoms with Crippen LogP contribution in [0.1, 0.15) is 35.7 Å². The van der Waals surface area contributed by atoms with Gasteiger partial charge < -0.3 is 9.67 Å². The maximum atomic E-state index is 9.33. The van der Waals surface area contributed by atoms with Gasteiger partial charge in [0.1, 0.15) is 0 Å². The van der Waals surface area contributed by atoms with Crippen molar-refractivity contribution in [1.82, 2.24) is 9.55 Å². The highest BCUT2D eigenvalue weighted by Crippen LogP contribution is 2.33. The molecule has 1 aliphatic rings. The van der Waals surface area contributed by atoms with Crippen molar-refractivity contribution in [3.05, 3.63) is 53.6 Å². The molecule has 1 aliphatic carbocycles. The molecular weight excluding hydrogens is 212 g/mol. The molecule has 0 radical (unpaired) electrons. The fraction of sp³-hybridized carbons (Fsp3) is 0.357. The lowest BCUT2D eigenvalue weighted by Crippen LogP contribution is -2.18. The van der Waals surface area contributed by atoms with Gasteiger partial charge in [-0.25, -0.2) is 4.98 Å². The van der Waals surface area contributed by atoms with Gasteiger partial charge >= 0.3 is 0 Å². The largest absolute Gasteiger partial charge is 0.390 e. The fourth-order valence-corrected chi connectivity index (χ4v) is 2.75. The molecule has 1 aromatic heterocycles. The van der Waals surface area contributed by atoms with Crippen molar-refractivity contribution in [2.45, 2.75) is 31.9 Å². The van der Waals surface area contributed by atoms with E-state index in [9.17, 15) is 5.11 Å². The van der Waals surface area contributed by atoms with E-state index < -0.39 is 0 Å². The maximum Gasteiger partial charge on any atom is 0.0954 e. The fourth-order valence-electron chi connectivity index (χ4n) is 2.75. The minimum Gasteiger partial charge on any atom is -0.390 e. The van der Waals surface area contributed by atoms with Gasteiger partial charge in [-0.05, 0) is 30.4 Å². The Morgan fingerprint density at radius 1 is 1.35 bits per heavy atom. The second kappa shape index (κ2) is 4.34. The Balaban J connectivity index is 2.06. The first kappa shape index (κ1) is 10.5. The molecule has 0 aliphatic heterocycles. The van der Waals surface area contributed by atoms with Crippen LogP contribution < -0.4 is 0 Å². The number of hydrogen-bond acceptors (Lipinski definition) is 2. The first-order valence-electron chi connectivity index (χ1n) is 6.09. The molecule has 1 heterocycles. The Hall–Kier alpha value is -1.61. The van der Waals surface area contributed by atoms with Gasteiger partial charge in [0.25, 0.3) is 0 Å². The number of aromatic nitrogens is 2. The standard InChI is InChI=1S/C14H16N2O/c17-9-12-8-15-10-16(12)14-7-3-5-11-4-1-2-6-13(11)14/h1-2,4,6,8,10,14,17H,3,5,7,9H2. The van der Waals surface area contributed by atoms with Gasteiger partial charge in [0.2, 0.25) is 0 Å². The van der Waals surface area contributed by atoms with E-state index in [1.807, 2.05) is 6.33 Å². The van der Waals surface area contributed by atoms with Crippen molar-refractivity contribution >= 4 is 0 Å². The van der Waals surface area contributed by atoms with Crippen LogP contribution in [0.4, 0.5) is 0 Å². The smallest absolute Gasteiger partial charge is 0.0954 e. The summed E-state index contributed by atoms with van der Waals surface area (Å²) in [4.78, 5) is 4.14. The molecule has 88 valence electrons. The lowest BCUT2D eigenvalue weighted by Gasteiger charge is -2.27. The molecule has 1 aromatic carbocycles. The highest BCUT2D eigenvalue weighted by molar-refractivity contribution is 5.33. The summed E-state index contributed by atoms with van der Waals surface area (Å²) in [6.07, 6.45) is 7.07. The molecule has 0 bridgehead atoms. The SMILES string of the molecule is OCc1cncn1C1CCCc2ccccc21. The Kier molecular flexibility index (Phi) is 2.69. The first-order chi connectivity index (χ1) is 8.40. The molecule has 0 spiro atoms. The summed E-state index contributed by atoms with van der Waals surface area (Å²) in [7, 11) is 0. The van der Waals surface area contributed by atoms with Gasteiger partial charge in [-0.15, -0.1) is 0 Å². The van der Waals surface area contributed by atoms with Crippen molar-refractivity contribution in [2.24, 2.45) is 0 Å². The normalized spacial score (nSPS) is 19.0. The number of rotatable bonds is 2. The second-order valence-electron chi connectivity index (χ2n) is 4.56. The van der Waals surface area contributed by atoms with Crippen LogP contribution >= 0.6 is 0 Å². The molecule has 1 atom stereocenters. The molecule has 1 unspecified atom stereocenters. The van der Waals surface area contributed by atoms with E-state index in [2.05, 4.69) is 33.8 Å². The number of hydrogen-bond donors (Lipinski definition) is 1. The Bertz CT molecular complexity index is 518. The first-order valence-corrected chi connectivity index (χ1v) is 6.09. The van der Waals surface area contributed by atoms with E-state index in [0.717, 1.165) is 18.5 Å². The van der Waals surface area contributed by atoms with E-state index in [1.54, 1.807) is 6.20 Å². The van der Waals surface area contributed by atoms with Gasteiger partial charge in [0.05, 0.1) is 30.9 Å². The topological polar surface area (TPSA) is 38.1 Å². The number of nitrogens with zero attached hydrogens (tertiary/aromatic N) is 2. The number of fused-ring (bicyclic) bond motifs is 1. The van der Waals surface area contributed by atoms with Crippen LogP contribution in [0.5, 0.6) is 0 Å². The van der Waals surface area contributed by atoms with E-state index in [-0.39, 0.29) is 6.61 Å². The highest BCUT2D eigenvalue weighted by atomic mass is 16.3. The van der Waals surface area contributed by atoms with Crippen molar-refractivity contribution in [1.29, 1.82) is 0 Å². The predicted molar refractivity (Wildman–Crippen MR) is 65.7 cm³/mol. The monoisotopic (exact) mass is 228 g/mol. The summed E-state index contributed by atoms with van der Waals surface area (Å²) >= 11 is 0. The number of imidazole rings is 1. The van der Waals surface area contributed by atoms with Gasteiger partial charge in [0, 0.05) is 0 Å². The third-order valence-corrected chi connectivity index (χ3v) is 3.58. The molecule has 0 saturated heterocycles. The van der Waals surface area contributed by atoms with Gasteiger partial charge in [-0.1, -0.05) is 24.3 Å². The van der Waals surface area contributed by atoms with E-state index >= 15 is 0 Å². The maximum absolute atomic E-state index is 9.33. The molecule has 3 nitrogen and oxygen atoms in total. The minimum atomic E-state index is 0.0542. The minimum absolute atomic E-state index is 0.0542. The molecule has 2 aromatic rings. The second-order valence-corrected chi connectivity index (χ2v) is 4.56. The van der Waals surface area contributed by atoms with Crippen LogP contribution in [0.25, 0.3) is 0 Å². The van der Waals surface area contributed by atoms with Crippen molar-refractivity contribution in [3.63, 3.8) is 0 Å². The zero-order chi connectivity index (χ0) is 11.7. The summed E-state index contributed by atoms with van der Waals surface area (Å²) in [5.74, 6) is 0. The highest BCUT2D eigenvalue weighted by Gasteiger charge is 2.22. The predicted octanol–water partition coefficient (Wildman–Crippen LogP) is 2.30. The average molecular weight is 228 g/mol. The Morgan fingerprint density at radius 2 is 2.24 bits per heavy atom.